The van der Waals surface area contributed by atoms with Crippen molar-refractivity contribution in [3.05, 3.63) is 164 Å². The molecule has 0 aliphatic carbocycles. The normalized spacial score (nSPS) is 14.2. The van der Waals surface area contributed by atoms with E-state index in [0.29, 0.717) is 5.82 Å². The van der Waals surface area contributed by atoms with Crippen LogP contribution in [0.1, 0.15) is 0 Å². The van der Waals surface area contributed by atoms with Gasteiger partial charge in [0, 0.05) is 16.7 Å². The molecule has 7 aromatic carbocycles. The fourth-order valence-corrected chi connectivity index (χ4v) is 16.0. The highest BCUT2D eigenvalue weighted by molar-refractivity contribution is 7.05. The van der Waals surface area contributed by atoms with Crippen molar-refractivity contribution in [3.63, 3.8) is 0 Å². The van der Waals surface area contributed by atoms with E-state index in [9.17, 15) is 0 Å². The zero-order valence-electron chi connectivity index (χ0n) is 30.9. The quantitative estimate of drug-likeness (QED) is 0.166. The first-order chi connectivity index (χ1) is 26.3. The van der Waals surface area contributed by atoms with Gasteiger partial charge in [0.05, 0.1) is 0 Å². The van der Waals surface area contributed by atoms with Crippen molar-refractivity contribution >= 4 is 36.9 Å². The van der Waals surface area contributed by atoms with E-state index < -0.39 is 16.1 Å². The predicted octanol–water partition coefficient (Wildman–Crippen LogP) is 9.81. The van der Waals surface area contributed by atoms with Crippen LogP contribution in [0.5, 0.6) is 0 Å². The molecule has 0 bridgehead atoms. The second-order valence-electron chi connectivity index (χ2n) is 15.6. The van der Waals surface area contributed by atoms with Gasteiger partial charge >= 0.3 is 0 Å². The Hall–Kier alpha value is -6.02. The largest absolute Gasteiger partial charge is 0.208 e. The third-order valence-electron chi connectivity index (χ3n) is 11.7. The summed E-state index contributed by atoms with van der Waals surface area (Å²) in [7, 11) is -4.31. The van der Waals surface area contributed by atoms with Crippen LogP contribution in [-0.2, 0) is 0 Å². The van der Waals surface area contributed by atoms with E-state index in [4.69, 9.17) is 15.0 Å². The Morgan fingerprint density at radius 1 is 0.296 bits per heavy atom. The molecule has 0 unspecified atom stereocenters. The smallest absolute Gasteiger partial charge is 0.164 e. The third kappa shape index (κ3) is 5.03. The summed E-state index contributed by atoms with van der Waals surface area (Å²) in [4.78, 5) is 16.4. The first-order valence-electron chi connectivity index (χ1n) is 18.8. The molecular weight excluding hydrogens is 687 g/mol. The van der Waals surface area contributed by atoms with Gasteiger partial charge < -0.3 is 0 Å². The Labute approximate surface area is 319 Å². The van der Waals surface area contributed by atoms with Gasteiger partial charge in [0.25, 0.3) is 0 Å². The Kier molecular flexibility index (Phi) is 7.41. The van der Waals surface area contributed by atoms with Crippen molar-refractivity contribution in [1.29, 1.82) is 0 Å². The SMILES string of the molecule is C[Si]1(C)c2ccccc2-c2cc(-c3ccccc3)cc(-c3nc(-c4ccccc4)nc(-c4cc(-c5ccccc5)cc5c4[Si](C)(C)c4ccccc4-5)n3)c21. The summed E-state index contributed by atoms with van der Waals surface area (Å²) in [6.07, 6.45) is 0. The van der Waals surface area contributed by atoms with Gasteiger partial charge in [-0.1, -0.05) is 166 Å². The van der Waals surface area contributed by atoms with Crippen LogP contribution in [0.25, 0.3) is 78.7 Å². The van der Waals surface area contributed by atoms with Crippen LogP contribution in [0.2, 0.25) is 26.2 Å². The van der Waals surface area contributed by atoms with Gasteiger partial charge in [0.1, 0.15) is 16.1 Å². The van der Waals surface area contributed by atoms with Gasteiger partial charge in [-0.3, -0.25) is 0 Å². The molecular formula is C49H39N3Si2. The maximum absolute atomic E-state index is 5.60. The molecule has 0 amide bonds. The van der Waals surface area contributed by atoms with Crippen molar-refractivity contribution < 1.29 is 0 Å². The first kappa shape index (κ1) is 32.6. The molecule has 0 N–H and O–H groups in total. The number of benzene rings is 7. The average Bonchev–Trinajstić information content (AvgIpc) is 3.60. The van der Waals surface area contributed by atoms with E-state index in [0.717, 1.165) is 28.3 Å². The molecule has 0 atom stereocenters. The Bertz CT molecular complexity index is 2590. The van der Waals surface area contributed by atoms with E-state index in [2.05, 4.69) is 190 Å². The minimum absolute atomic E-state index is 0.693. The highest BCUT2D eigenvalue weighted by Crippen LogP contribution is 2.40. The molecule has 0 radical (unpaired) electrons. The van der Waals surface area contributed by atoms with Gasteiger partial charge in [0.15, 0.2) is 17.5 Å². The molecule has 0 saturated heterocycles. The monoisotopic (exact) mass is 725 g/mol. The van der Waals surface area contributed by atoms with Crippen molar-refractivity contribution in [2.24, 2.45) is 0 Å². The van der Waals surface area contributed by atoms with Crippen LogP contribution in [0.15, 0.2) is 164 Å². The summed E-state index contributed by atoms with van der Waals surface area (Å²) in [5, 5.41) is 5.71. The molecule has 258 valence electrons. The predicted molar refractivity (Wildman–Crippen MR) is 231 cm³/mol. The average molecular weight is 726 g/mol. The zero-order valence-corrected chi connectivity index (χ0v) is 32.9. The Morgan fingerprint density at radius 2 is 0.630 bits per heavy atom. The second kappa shape index (κ2) is 12.3. The fourth-order valence-electron chi connectivity index (χ4n) is 9.13. The molecule has 1 aromatic heterocycles. The summed E-state index contributed by atoms with van der Waals surface area (Å²) >= 11 is 0. The standard InChI is InChI=1S/C49H39N3Si2/c1-53(2)43-26-16-14-24-37(43)39-28-35(32-18-8-5-9-19-32)30-41(45(39)53)48-50-47(34-22-12-7-13-23-34)51-49(52-48)42-31-36(33-20-10-6-11-21-33)29-40-38-25-15-17-27-44(38)54(3,4)46(40)42/h5-31H,1-4H3. The summed E-state index contributed by atoms with van der Waals surface area (Å²) in [6, 6.07) is 59.3. The molecule has 0 spiro atoms. The van der Waals surface area contributed by atoms with Crippen molar-refractivity contribution in [1.82, 2.24) is 15.0 Å². The van der Waals surface area contributed by atoms with Crippen molar-refractivity contribution in [2.45, 2.75) is 26.2 Å². The molecule has 0 saturated carbocycles. The zero-order chi connectivity index (χ0) is 36.6. The van der Waals surface area contributed by atoms with E-state index in [1.165, 1.54) is 65.3 Å². The van der Waals surface area contributed by atoms with Crippen LogP contribution in [-0.4, -0.2) is 31.1 Å². The van der Waals surface area contributed by atoms with Gasteiger partial charge in [-0.25, -0.2) is 15.0 Å². The van der Waals surface area contributed by atoms with Crippen LogP contribution < -0.4 is 20.7 Å². The number of aromatic nitrogens is 3. The number of hydrogen-bond acceptors (Lipinski definition) is 3. The molecule has 3 nitrogen and oxygen atoms in total. The maximum atomic E-state index is 5.60. The minimum Gasteiger partial charge on any atom is -0.208 e. The van der Waals surface area contributed by atoms with E-state index in [1.54, 1.807) is 0 Å². The van der Waals surface area contributed by atoms with Gasteiger partial charge in [-0.05, 0) is 89.5 Å². The van der Waals surface area contributed by atoms with E-state index >= 15 is 0 Å². The van der Waals surface area contributed by atoms with Crippen LogP contribution in [0.3, 0.4) is 0 Å². The lowest BCUT2D eigenvalue weighted by atomic mass is 9.95. The Morgan fingerprint density at radius 3 is 1.06 bits per heavy atom. The van der Waals surface area contributed by atoms with Crippen molar-refractivity contribution in [3.8, 4) is 78.7 Å². The van der Waals surface area contributed by atoms with Gasteiger partial charge in [-0.2, -0.15) is 0 Å². The number of hydrogen-bond donors (Lipinski definition) is 0. The molecule has 3 heterocycles. The fraction of sp³-hybridized carbons (Fsp3) is 0.0816. The van der Waals surface area contributed by atoms with Crippen LogP contribution in [0, 0.1) is 0 Å². The Balaban J connectivity index is 1.30. The molecule has 8 aromatic rings. The third-order valence-corrected chi connectivity index (χ3v) is 18.8. The lowest BCUT2D eigenvalue weighted by Crippen LogP contribution is -2.50. The maximum Gasteiger partial charge on any atom is 0.164 e. The molecule has 10 rings (SSSR count). The van der Waals surface area contributed by atoms with Gasteiger partial charge in [-0.15, -0.1) is 0 Å². The van der Waals surface area contributed by atoms with Crippen LogP contribution >= 0.6 is 0 Å². The highest BCUT2D eigenvalue weighted by atomic mass is 28.3. The summed E-state index contributed by atoms with van der Waals surface area (Å²) in [5.41, 5.74) is 13.2. The number of fused-ring (bicyclic) bond motifs is 6. The topological polar surface area (TPSA) is 38.7 Å². The van der Waals surface area contributed by atoms with Crippen molar-refractivity contribution in [2.75, 3.05) is 0 Å². The lowest BCUT2D eigenvalue weighted by Gasteiger charge is -2.24. The number of nitrogens with zero attached hydrogens (tertiary/aromatic N) is 3. The van der Waals surface area contributed by atoms with Crippen LogP contribution in [0.4, 0.5) is 0 Å². The molecule has 5 heteroatoms. The lowest BCUT2D eigenvalue weighted by molar-refractivity contribution is 1.08. The van der Waals surface area contributed by atoms with E-state index in [1.807, 2.05) is 0 Å². The van der Waals surface area contributed by atoms with E-state index in [-0.39, 0.29) is 0 Å². The molecule has 0 fully saturated rings. The summed E-state index contributed by atoms with van der Waals surface area (Å²) < 4.78 is 0. The molecule has 2 aliphatic rings. The molecule has 2 aliphatic heterocycles. The minimum atomic E-state index is -2.16. The number of rotatable bonds is 5. The highest BCUT2D eigenvalue weighted by Gasteiger charge is 2.42. The van der Waals surface area contributed by atoms with Gasteiger partial charge in [0.2, 0.25) is 0 Å². The summed E-state index contributed by atoms with van der Waals surface area (Å²) in [6.45, 7) is 9.91. The first-order valence-corrected chi connectivity index (χ1v) is 24.8. The summed E-state index contributed by atoms with van der Waals surface area (Å²) in [5.74, 6) is 2.16. The molecule has 54 heavy (non-hydrogen) atoms. The second-order valence-corrected chi connectivity index (χ2v) is 24.2.